The third-order valence-corrected chi connectivity index (χ3v) is 4.61. The summed E-state index contributed by atoms with van der Waals surface area (Å²) in [6, 6.07) is 8.49. The third kappa shape index (κ3) is 14.1. The van der Waals surface area contributed by atoms with E-state index in [1.165, 1.54) is 37.7 Å². The smallest absolute Gasteiger partial charge is 0.220 e. The number of hydrogen-bond donors (Lipinski definition) is 1. The molecule has 0 fully saturated rings. The van der Waals surface area contributed by atoms with Crippen molar-refractivity contribution in [3.05, 3.63) is 35.4 Å². The van der Waals surface area contributed by atoms with E-state index in [-0.39, 0.29) is 5.91 Å². The van der Waals surface area contributed by atoms with Crippen LogP contribution in [0.4, 0.5) is 0 Å². The highest BCUT2D eigenvalue weighted by Gasteiger charge is 2.03. The molecule has 1 amide bonds. The van der Waals surface area contributed by atoms with E-state index in [2.05, 4.69) is 43.4 Å². The number of hydrogen-bond acceptors (Lipinski definition) is 2. The summed E-state index contributed by atoms with van der Waals surface area (Å²) in [6.45, 7) is 8.99. The van der Waals surface area contributed by atoms with Gasteiger partial charge in [0, 0.05) is 19.4 Å². The summed E-state index contributed by atoms with van der Waals surface area (Å²) >= 11 is 0. The Morgan fingerprint density at radius 3 is 1.93 bits per heavy atom. The average molecular weight is 376 g/mol. The highest BCUT2D eigenvalue weighted by Crippen LogP contribution is 2.14. The van der Waals surface area contributed by atoms with Crippen molar-refractivity contribution in [2.24, 2.45) is 0 Å². The van der Waals surface area contributed by atoms with Crippen molar-refractivity contribution >= 4 is 12.2 Å². The van der Waals surface area contributed by atoms with E-state index in [1.807, 2.05) is 13.8 Å². The fraction of sp³-hybridized carbons (Fsp3) is 0.667. The summed E-state index contributed by atoms with van der Waals surface area (Å²) in [5.41, 5.74) is 2.49. The largest absolute Gasteiger partial charge is 0.352 e. The van der Waals surface area contributed by atoms with Crippen LogP contribution in [0.15, 0.2) is 24.3 Å². The van der Waals surface area contributed by atoms with Crippen molar-refractivity contribution in [1.29, 1.82) is 0 Å². The van der Waals surface area contributed by atoms with Crippen molar-refractivity contribution in [2.45, 2.75) is 104 Å². The summed E-state index contributed by atoms with van der Waals surface area (Å²) in [4.78, 5) is 22.1. The minimum absolute atomic E-state index is 0.154. The van der Waals surface area contributed by atoms with Crippen LogP contribution >= 0.6 is 0 Å². The van der Waals surface area contributed by atoms with Gasteiger partial charge in [-0.2, -0.15) is 0 Å². The molecule has 1 rings (SSSR count). The molecule has 3 nitrogen and oxygen atoms in total. The normalized spacial score (nSPS) is 10.3. The molecule has 1 aromatic rings. The topological polar surface area (TPSA) is 46.2 Å². The van der Waals surface area contributed by atoms with Crippen LogP contribution in [-0.2, 0) is 16.1 Å². The molecule has 27 heavy (non-hydrogen) atoms. The summed E-state index contributed by atoms with van der Waals surface area (Å²) in [7, 11) is 0. The highest BCUT2D eigenvalue weighted by atomic mass is 16.1. The molecular weight excluding hydrogens is 334 g/mol. The van der Waals surface area contributed by atoms with Crippen LogP contribution in [0.25, 0.3) is 0 Å². The maximum Gasteiger partial charge on any atom is 0.220 e. The Morgan fingerprint density at radius 1 is 0.889 bits per heavy atom. The lowest BCUT2D eigenvalue weighted by Crippen LogP contribution is -2.22. The zero-order chi connectivity index (χ0) is 20.3. The van der Waals surface area contributed by atoms with Gasteiger partial charge in [-0.15, -0.1) is 0 Å². The summed E-state index contributed by atoms with van der Waals surface area (Å²) in [5.74, 6) is 0.696. The molecule has 0 aliphatic rings. The van der Waals surface area contributed by atoms with E-state index in [1.54, 1.807) is 0 Å². The maximum atomic E-state index is 11.9. The van der Waals surface area contributed by atoms with Crippen molar-refractivity contribution in [2.75, 3.05) is 0 Å². The molecule has 0 spiro atoms. The SMILES string of the molecule is CC.CC(C)c1ccc(CNC(=O)CCCCCCCCCCC=O)cc1. The molecular formula is C24H41NO2. The fourth-order valence-corrected chi connectivity index (χ4v) is 2.88. The van der Waals surface area contributed by atoms with Gasteiger partial charge in [0.15, 0.2) is 0 Å². The Morgan fingerprint density at radius 2 is 1.41 bits per heavy atom. The second-order valence-electron chi connectivity index (χ2n) is 7.21. The molecule has 0 saturated carbocycles. The van der Waals surface area contributed by atoms with Crippen LogP contribution in [0.1, 0.15) is 109 Å². The number of rotatable bonds is 14. The van der Waals surface area contributed by atoms with Gasteiger partial charge in [-0.3, -0.25) is 4.79 Å². The minimum atomic E-state index is 0.154. The standard InChI is InChI=1S/C22H35NO2.C2H6/c1-19(2)21-15-13-20(14-16-21)18-23-22(25)12-10-8-6-4-3-5-7-9-11-17-24;1-2/h13-17,19H,3-12,18H2,1-2H3,(H,23,25);1-2H3. The lowest BCUT2D eigenvalue weighted by atomic mass is 10.0. The van der Waals surface area contributed by atoms with Gasteiger partial charge in [0.25, 0.3) is 0 Å². The first-order valence-corrected chi connectivity index (χ1v) is 10.9. The van der Waals surface area contributed by atoms with Crippen LogP contribution in [0, 0.1) is 0 Å². The first kappa shape index (κ1) is 25.4. The van der Waals surface area contributed by atoms with Gasteiger partial charge < -0.3 is 10.1 Å². The van der Waals surface area contributed by atoms with E-state index in [0.29, 0.717) is 25.3 Å². The molecule has 154 valence electrons. The van der Waals surface area contributed by atoms with Gasteiger partial charge in [0.2, 0.25) is 5.91 Å². The van der Waals surface area contributed by atoms with Crippen molar-refractivity contribution < 1.29 is 9.59 Å². The van der Waals surface area contributed by atoms with E-state index >= 15 is 0 Å². The molecule has 0 atom stereocenters. The summed E-state index contributed by atoms with van der Waals surface area (Å²) in [5, 5.41) is 3.01. The zero-order valence-electron chi connectivity index (χ0n) is 18.1. The molecule has 0 saturated heterocycles. The second kappa shape index (κ2) is 17.8. The molecule has 0 aromatic heterocycles. The number of benzene rings is 1. The van der Waals surface area contributed by atoms with E-state index in [0.717, 1.165) is 31.1 Å². The molecule has 1 aromatic carbocycles. The van der Waals surface area contributed by atoms with E-state index < -0.39 is 0 Å². The van der Waals surface area contributed by atoms with Gasteiger partial charge in [0.1, 0.15) is 6.29 Å². The Kier molecular flexibility index (Phi) is 16.7. The fourth-order valence-electron chi connectivity index (χ4n) is 2.88. The van der Waals surface area contributed by atoms with Crippen molar-refractivity contribution in [3.8, 4) is 0 Å². The third-order valence-electron chi connectivity index (χ3n) is 4.61. The first-order chi connectivity index (χ1) is 13.1. The molecule has 0 aliphatic heterocycles. The molecule has 0 radical (unpaired) electrons. The lowest BCUT2D eigenvalue weighted by Gasteiger charge is -2.08. The van der Waals surface area contributed by atoms with Gasteiger partial charge >= 0.3 is 0 Å². The van der Waals surface area contributed by atoms with Gasteiger partial charge in [0.05, 0.1) is 0 Å². The number of nitrogens with one attached hydrogen (secondary N) is 1. The molecule has 1 N–H and O–H groups in total. The molecule has 0 aliphatic carbocycles. The zero-order valence-corrected chi connectivity index (χ0v) is 18.1. The Bertz CT molecular complexity index is 480. The first-order valence-electron chi connectivity index (χ1n) is 10.9. The van der Waals surface area contributed by atoms with Crippen LogP contribution in [-0.4, -0.2) is 12.2 Å². The predicted octanol–water partition coefficient (Wildman–Crippen LogP) is 6.55. The highest BCUT2D eigenvalue weighted by molar-refractivity contribution is 5.75. The Balaban J connectivity index is 0.00000326. The van der Waals surface area contributed by atoms with E-state index in [9.17, 15) is 9.59 Å². The quantitative estimate of drug-likeness (QED) is 0.296. The van der Waals surface area contributed by atoms with Crippen LogP contribution < -0.4 is 5.32 Å². The van der Waals surface area contributed by atoms with Crippen LogP contribution in [0.5, 0.6) is 0 Å². The molecule has 0 unspecified atom stereocenters. The van der Waals surface area contributed by atoms with Crippen LogP contribution in [0.3, 0.4) is 0 Å². The van der Waals surface area contributed by atoms with Crippen molar-refractivity contribution in [1.82, 2.24) is 5.32 Å². The number of unbranched alkanes of at least 4 members (excludes halogenated alkanes) is 8. The van der Waals surface area contributed by atoms with Crippen LogP contribution in [0.2, 0.25) is 0 Å². The minimum Gasteiger partial charge on any atom is -0.352 e. The maximum absolute atomic E-state index is 11.9. The average Bonchev–Trinajstić information content (AvgIpc) is 2.69. The van der Waals surface area contributed by atoms with Crippen molar-refractivity contribution in [3.63, 3.8) is 0 Å². The molecule has 0 heterocycles. The number of carbonyl (C=O) groups excluding carboxylic acids is 2. The van der Waals surface area contributed by atoms with Gasteiger partial charge in [-0.1, -0.05) is 90.5 Å². The van der Waals surface area contributed by atoms with Gasteiger partial charge in [-0.05, 0) is 29.9 Å². The molecule has 3 heteroatoms. The monoisotopic (exact) mass is 375 g/mol. The summed E-state index contributed by atoms with van der Waals surface area (Å²) < 4.78 is 0. The Hall–Kier alpha value is -1.64. The number of carbonyl (C=O) groups is 2. The number of aldehydes is 1. The number of amides is 1. The summed E-state index contributed by atoms with van der Waals surface area (Å²) in [6.07, 6.45) is 11.6. The van der Waals surface area contributed by atoms with E-state index in [4.69, 9.17) is 0 Å². The lowest BCUT2D eigenvalue weighted by molar-refractivity contribution is -0.121. The van der Waals surface area contributed by atoms with Gasteiger partial charge in [-0.25, -0.2) is 0 Å². The Labute approximate surface area is 167 Å². The second-order valence-corrected chi connectivity index (χ2v) is 7.21. The predicted molar refractivity (Wildman–Crippen MR) is 116 cm³/mol. The molecule has 0 bridgehead atoms.